The molecule has 0 aliphatic carbocycles. The van der Waals surface area contributed by atoms with E-state index in [0.717, 1.165) is 27.0 Å². The molecule has 3 aromatic rings. The zero-order valence-corrected chi connectivity index (χ0v) is 18.3. The Labute approximate surface area is 179 Å². The molecular weight excluding hydrogens is 434 g/mol. The molecule has 0 unspecified atom stereocenters. The van der Waals surface area contributed by atoms with Gasteiger partial charge in [0.25, 0.3) is 0 Å². The Bertz CT molecular complexity index is 971. The zero-order chi connectivity index (χ0) is 20.8. The van der Waals surface area contributed by atoms with Crippen LogP contribution in [-0.4, -0.2) is 22.0 Å². The van der Waals surface area contributed by atoms with Crippen molar-refractivity contribution in [2.45, 2.75) is 40.0 Å². The number of aromatic nitrogens is 2. The predicted molar refractivity (Wildman–Crippen MR) is 116 cm³/mol. The number of carbonyl (C=O) groups is 1. The van der Waals surface area contributed by atoms with E-state index in [0.29, 0.717) is 19.0 Å². The van der Waals surface area contributed by atoms with Crippen LogP contribution in [0, 0.1) is 6.92 Å². The van der Waals surface area contributed by atoms with Crippen LogP contribution in [0.3, 0.4) is 0 Å². The van der Waals surface area contributed by atoms with Crippen LogP contribution in [0.4, 0.5) is 10.6 Å². The van der Waals surface area contributed by atoms with Gasteiger partial charge >= 0.3 is 6.09 Å². The average molecular weight is 458 g/mol. The fourth-order valence-electron chi connectivity index (χ4n) is 2.79. The Balaban J connectivity index is 1.74. The normalized spacial score (nSPS) is 10.8. The first-order valence-electron chi connectivity index (χ1n) is 9.38. The van der Waals surface area contributed by atoms with Crippen molar-refractivity contribution < 1.29 is 14.3 Å². The Kier molecular flexibility index (Phi) is 6.93. The van der Waals surface area contributed by atoms with E-state index in [2.05, 4.69) is 26.3 Å². The van der Waals surface area contributed by atoms with Crippen molar-refractivity contribution in [1.82, 2.24) is 9.78 Å². The van der Waals surface area contributed by atoms with E-state index in [1.165, 1.54) is 0 Å². The molecule has 1 heterocycles. The van der Waals surface area contributed by atoms with Crippen molar-refractivity contribution in [2.24, 2.45) is 0 Å². The molecule has 0 atom stereocenters. The molecular formula is C22H24BrN3O3. The molecule has 2 aromatic carbocycles. The molecule has 0 aliphatic rings. The summed E-state index contributed by atoms with van der Waals surface area (Å²) >= 11 is 3.53. The Morgan fingerprint density at radius 3 is 2.66 bits per heavy atom. The van der Waals surface area contributed by atoms with Crippen LogP contribution in [-0.2, 0) is 17.9 Å². The van der Waals surface area contributed by atoms with E-state index >= 15 is 0 Å². The van der Waals surface area contributed by atoms with Crippen molar-refractivity contribution in [3.05, 3.63) is 75.9 Å². The number of hydrogen-bond donors (Lipinski definition) is 1. The standard InChI is InChI=1S/C22H24BrN3O3/c1-15(2)29-22(27)24-21-11-16(3)26(25-21)13-18-12-19(23)9-10-20(18)28-14-17-7-5-4-6-8-17/h4-12,15H,13-14H2,1-3H3,(H,24,25,27). The lowest BCUT2D eigenvalue weighted by Gasteiger charge is -2.13. The summed E-state index contributed by atoms with van der Waals surface area (Å²) in [5.41, 5.74) is 3.00. The van der Waals surface area contributed by atoms with Gasteiger partial charge < -0.3 is 9.47 Å². The molecule has 1 N–H and O–H groups in total. The molecule has 6 nitrogen and oxygen atoms in total. The lowest BCUT2D eigenvalue weighted by Crippen LogP contribution is -2.18. The van der Waals surface area contributed by atoms with Gasteiger partial charge in [-0.25, -0.2) is 4.79 Å². The summed E-state index contributed by atoms with van der Waals surface area (Å²) in [4.78, 5) is 11.8. The van der Waals surface area contributed by atoms with E-state index in [-0.39, 0.29) is 6.10 Å². The van der Waals surface area contributed by atoms with Crippen LogP contribution in [0.25, 0.3) is 0 Å². The molecule has 3 rings (SSSR count). The number of anilines is 1. The first-order valence-corrected chi connectivity index (χ1v) is 10.2. The van der Waals surface area contributed by atoms with Gasteiger partial charge in [0, 0.05) is 21.8 Å². The quantitative estimate of drug-likeness (QED) is 0.505. The first-order chi connectivity index (χ1) is 13.9. The Hall–Kier alpha value is -2.80. The molecule has 29 heavy (non-hydrogen) atoms. The lowest BCUT2D eigenvalue weighted by molar-refractivity contribution is 0.130. The number of nitrogens with zero attached hydrogens (tertiary/aromatic N) is 2. The van der Waals surface area contributed by atoms with Crippen LogP contribution in [0.1, 0.15) is 30.7 Å². The fraction of sp³-hybridized carbons (Fsp3) is 0.273. The predicted octanol–water partition coefficient (Wildman–Crippen LogP) is 5.54. The maximum absolute atomic E-state index is 11.8. The van der Waals surface area contributed by atoms with E-state index in [1.54, 1.807) is 13.8 Å². The molecule has 0 radical (unpaired) electrons. The number of benzene rings is 2. The summed E-state index contributed by atoms with van der Waals surface area (Å²) in [6.07, 6.45) is -0.705. The largest absolute Gasteiger partial charge is 0.489 e. The minimum atomic E-state index is -0.515. The second-order valence-electron chi connectivity index (χ2n) is 6.93. The summed E-state index contributed by atoms with van der Waals surface area (Å²) in [5, 5.41) is 7.13. The molecule has 0 saturated carbocycles. The van der Waals surface area contributed by atoms with E-state index in [4.69, 9.17) is 9.47 Å². The van der Waals surface area contributed by atoms with Gasteiger partial charge in [0.15, 0.2) is 5.82 Å². The van der Waals surface area contributed by atoms with Gasteiger partial charge in [-0.2, -0.15) is 5.10 Å². The van der Waals surface area contributed by atoms with Crippen LogP contribution in [0.2, 0.25) is 0 Å². The van der Waals surface area contributed by atoms with Gasteiger partial charge in [-0.15, -0.1) is 0 Å². The molecule has 1 amide bonds. The minimum absolute atomic E-state index is 0.191. The maximum Gasteiger partial charge on any atom is 0.413 e. The highest BCUT2D eigenvalue weighted by Gasteiger charge is 2.13. The maximum atomic E-state index is 11.8. The first kappa shape index (κ1) is 20.9. The second-order valence-corrected chi connectivity index (χ2v) is 7.85. The van der Waals surface area contributed by atoms with Crippen LogP contribution >= 0.6 is 15.9 Å². The third kappa shape index (κ3) is 6.09. The number of hydrogen-bond acceptors (Lipinski definition) is 4. The summed E-state index contributed by atoms with van der Waals surface area (Å²) in [7, 11) is 0. The number of halogens is 1. The monoisotopic (exact) mass is 457 g/mol. The summed E-state index contributed by atoms with van der Waals surface area (Å²) in [6.45, 7) is 6.54. The molecule has 0 spiro atoms. The highest BCUT2D eigenvalue weighted by Crippen LogP contribution is 2.26. The molecule has 0 aliphatic heterocycles. The molecule has 7 heteroatoms. The number of nitrogens with one attached hydrogen (secondary N) is 1. The van der Waals surface area contributed by atoms with Gasteiger partial charge in [-0.1, -0.05) is 46.3 Å². The van der Waals surface area contributed by atoms with E-state index in [1.807, 2.05) is 66.2 Å². The third-order valence-electron chi connectivity index (χ3n) is 4.13. The van der Waals surface area contributed by atoms with Crippen molar-refractivity contribution in [2.75, 3.05) is 5.32 Å². The van der Waals surface area contributed by atoms with Gasteiger partial charge in [-0.05, 0) is 44.5 Å². The summed E-state index contributed by atoms with van der Waals surface area (Å²) < 4.78 is 13.9. The summed E-state index contributed by atoms with van der Waals surface area (Å²) in [5.74, 6) is 1.25. The number of carbonyl (C=O) groups excluding carboxylic acids is 1. The van der Waals surface area contributed by atoms with Gasteiger partial charge in [-0.3, -0.25) is 10.00 Å². The van der Waals surface area contributed by atoms with Crippen LogP contribution in [0.15, 0.2) is 59.1 Å². The second kappa shape index (κ2) is 9.60. The molecule has 0 bridgehead atoms. The highest BCUT2D eigenvalue weighted by molar-refractivity contribution is 9.10. The molecule has 1 aromatic heterocycles. The Morgan fingerprint density at radius 1 is 1.17 bits per heavy atom. The van der Waals surface area contributed by atoms with Crippen molar-refractivity contribution in [3.63, 3.8) is 0 Å². The van der Waals surface area contributed by atoms with Crippen molar-refractivity contribution in [3.8, 4) is 5.75 Å². The number of amides is 1. The SMILES string of the molecule is Cc1cc(NC(=O)OC(C)C)nn1Cc1cc(Br)ccc1OCc1ccccc1. The minimum Gasteiger partial charge on any atom is -0.489 e. The average Bonchev–Trinajstić information content (AvgIpc) is 3.00. The molecule has 152 valence electrons. The Morgan fingerprint density at radius 2 is 1.93 bits per heavy atom. The van der Waals surface area contributed by atoms with Gasteiger partial charge in [0.05, 0.1) is 12.6 Å². The highest BCUT2D eigenvalue weighted by atomic mass is 79.9. The van der Waals surface area contributed by atoms with Gasteiger partial charge in [0.1, 0.15) is 12.4 Å². The fourth-order valence-corrected chi connectivity index (χ4v) is 3.20. The number of ether oxygens (including phenoxy) is 2. The lowest BCUT2D eigenvalue weighted by atomic mass is 10.2. The molecule has 0 saturated heterocycles. The van der Waals surface area contributed by atoms with Crippen molar-refractivity contribution >= 4 is 27.8 Å². The van der Waals surface area contributed by atoms with Gasteiger partial charge in [0.2, 0.25) is 0 Å². The zero-order valence-electron chi connectivity index (χ0n) is 16.7. The van der Waals surface area contributed by atoms with E-state index in [9.17, 15) is 4.79 Å². The smallest absolute Gasteiger partial charge is 0.413 e. The summed E-state index contributed by atoms with van der Waals surface area (Å²) in [6, 6.07) is 17.8. The number of rotatable bonds is 7. The molecule has 0 fully saturated rings. The topological polar surface area (TPSA) is 65.4 Å². The third-order valence-corrected chi connectivity index (χ3v) is 4.63. The van der Waals surface area contributed by atoms with Crippen LogP contribution < -0.4 is 10.1 Å². The number of aryl methyl sites for hydroxylation is 1. The van der Waals surface area contributed by atoms with Crippen molar-refractivity contribution in [1.29, 1.82) is 0 Å². The van der Waals surface area contributed by atoms with E-state index < -0.39 is 6.09 Å². The van der Waals surface area contributed by atoms with Crippen LogP contribution in [0.5, 0.6) is 5.75 Å².